The number of hydrogen-bond acceptors (Lipinski definition) is 4. The van der Waals surface area contributed by atoms with Crippen molar-refractivity contribution in [2.24, 2.45) is 0 Å². The van der Waals surface area contributed by atoms with Crippen LogP contribution in [0.5, 0.6) is 5.75 Å². The third kappa shape index (κ3) is 4.33. The van der Waals surface area contributed by atoms with Gasteiger partial charge in [-0.3, -0.25) is 9.59 Å². The molecule has 4 aromatic rings. The number of carbonyl (C=O) groups excluding carboxylic acids is 1. The van der Waals surface area contributed by atoms with Crippen LogP contribution in [0.4, 0.5) is 5.82 Å². The lowest BCUT2D eigenvalue weighted by Crippen LogP contribution is -2.22. The SMILES string of the molecule is COc1ccc(-c2cn(CC(=O)Nc3ccc(C)cn3)c3cc(C)ccc3c2=O)cc1. The second-order valence-corrected chi connectivity index (χ2v) is 7.52. The second kappa shape index (κ2) is 8.44. The Labute approximate surface area is 180 Å². The van der Waals surface area contributed by atoms with Gasteiger partial charge in [0.1, 0.15) is 18.1 Å². The minimum Gasteiger partial charge on any atom is -0.497 e. The van der Waals surface area contributed by atoms with Crippen LogP contribution in [0.15, 0.2) is 71.8 Å². The Morgan fingerprint density at radius 1 is 1.03 bits per heavy atom. The van der Waals surface area contributed by atoms with Crippen molar-refractivity contribution in [2.75, 3.05) is 12.4 Å². The van der Waals surface area contributed by atoms with Gasteiger partial charge in [-0.1, -0.05) is 24.3 Å². The molecule has 2 heterocycles. The number of ether oxygens (including phenoxy) is 1. The number of nitrogens with one attached hydrogen (secondary N) is 1. The molecule has 0 radical (unpaired) electrons. The van der Waals surface area contributed by atoms with E-state index in [-0.39, 0.29) is 17.9 Å². The van der Waals surface area contributed by atoms with Crippen molar-refractivity contribution >= 4 is 22.6 Å². The lowest BCUT2D eigenvalue weighted by Gasteiger charge is -2.14. The fraction of sp³-hybridized carbons (Fsp3) is 0.160. The molecular weight excluding hydrogens is 390 g/mol. The first-order valence-corrected chi connectivity index (χ1v) is 9.95. The lowest BCUT2D eigenvalue weighted by atomic mass is 10.0. The van der Waals surface area contributed by atoms with Crippen molar-refractivity contribution in [3.05, 3.63) is 88.3 Å². The van der Waals surface area contributed by atoms with Gasteiger partial charge in [0.25, 0.3) is 0 Å². The highest BCUT2D eigenvalue weighted by Gasteiger charge is 2.14. The minimum atomic E-state index is -0.219. The molecule has 4 rings (SSSR count). The highest BCUT2D eigenvalue weighted by Crippen LogP contribution is 2.23. The zero-order valence-corrected chi connectivity index (χ0v) is 17.7. The van der Waals surface area contributed by atoms with Gasteiger partial charge in [0, 0.05) is 23.3 Å². The predicted molar refractivity (Wildman–Crippen MR) is 123 cm³/mol. The number of nitrogens with zero attached hydrogens (tertiary/aromatic N) is 2. The molecule has 6 heteroatoms. The predicted octanol–water partition coefficient (Wildman–Crippen LogP) is 4.33. The molecule has 0 saturated heterocycles. The van der Waals surface area contributed by atoms with Gasteiger partial charge in [0.15, 0.2) is 5.43 Å². The molecule has 2 aromatic heterocycles. The minimum absolute atomic E-state index is 0.0545. The van der Waals surface area contributed by atoms with Crippen LogP contribution in [-0.4, -0.2) is 22.6 Å². The zero-order valence-electron chi connectivity index (χ0n) is 17.7. The number of methoxy groups -OCH3 is 1. The molecule has 156 valence electrons. The number of aryl methyl sites for hydroxylation is 2. The van der Waals surface area contributed by atoms with Crippen LogP contribution in [0.3, 0.4) is 0 Å². The first-order valence-electron chi connectivity index (χ1n) is 9.95. The molecule has 6 nitrogen and oxygen atoms in total. The van der Waals surface area contributed by atoms with Crippen molar-refractivity contribution in [3.63, 3.8) is 0 Å². The van der Waals surface area contributed by atoms with Gasteiger partial charge in [-0.25, -0.2) is 4.98 Å². The Morgan fingerprint density at radius 2 is 1.77 bits per heavy atom. The summed E-state index contributed by atoms with van der Waals surface area (Å²) in [7, 11) is 1.60. The molecule has 0 unspecified atom stereocenters. The Kier molecular flexibility index (Phi) is 5.54. The maximum absolute atomic E-state index is 13.2. The molecule has 0 bridgehead atoms. The maximum Gasteiger partial charge on any atom is 0.245 e. The topological polar surface area (TPSA) is 73.2 Å². The summed E-state index contributed by atoms with van der Waals surface area (Å²) >= 11 is 0. The zero-order chi connectivity index (χ0) is 22.0. The molecule has 0 spiro atoms. The third-order valence-electron chi connectivity index (χ3n) is 5.13. The number of benzene rings is 2. The van der Waals surface area contributed by atoms with E-state index >= 15 is 0 Å². The van der Waals surface area contributed by atoms with E-state index in [9.17, 15) is 9.59 Å². The van der Waals surface area contributed by atoms with E-state index < -0.39 is 0 Å². The van der Waals surface area contributed by atoms with Crippen molar-refractivity contribution in [3.8, 4) is 16.9 Å². The quantitative estimate of drug-likeness (QED) is 0.529. The van der Waals surface area contributed by atoms with Gasteiger partial charge in [-0.05, 0) is 60.9 Å². The highest BCUT2D eigenvalue weighted by atomic mass is 16.5. The van der Waals surface area contributed by atoms with E-state index in [1.807, 2.05) is 66.9 Å². The number of aromatic nitrogens is 2. The Hall–Kier alpha value is -3.93. The first-order chi connectivity index (χ1) is 14.9. The molecule has 0 aliphatic heterocycles. The summed E-state index contributed by atoms with van der Waals surface area (Å²) < 4.78 is 7.03. The molecule has 1 N–H and O–H groups in total. The van der Waals surface area contributed by atoms with Crippen molar-refractivity contribution in [2.45, 2.75) is 20.4 Å². The smallest absolute Gasteiger partial charge is 0.245 e. The van der Waals surface area contributed by atoms with Crippen LogP contribution >= 0.6 is 0 Å². The molecule has 0 fully saturated rings. The summed E-state index contributed by atoms with van der Waals surface area (Å²) in [5.74, 6) is 0.987. The molecule has 1 amide bonds. The lowest BCUT2D eigenvalue weighted by molar-refractivity contribution is -0.116. The first kappa shape index (κ1) is 20.3. The highest BCUT2D eigenvalue weighted by molar-refractivity contribution is 5.92. The number of anilines is 1. The van der Waals surface area contributed by atoms with E-state index in [1.165, 1.54) is 0 Å². The van der Waals surface area contributed by atoms with Gasteiger partial charge in [0.05, 0.1) is 12.6 Å². The van der Waals surface area contributed by atoms with Gasteiger partial charge in [0.2, 0.25) is 5.91 Å². The molecule has 0 aliphatic rings. The average molecular weight is 413 g/mol. The molecule has 0 aliphatic carbocycles. The molecule has 31 heavy (non-hydrogen) atoms. The van der Waals surface area contributed by atoms with Crippen molar-refractivity contribution in [1.29, 1.82) is 0 Å². The van der Waals surface area contributed by atoms with Crippen LogP contribution in [0.25, 0.3) is 22.0 Å². The summed E-state index contributed by atoms with van der Waals surface area (Å²) in [4.78, 5) is 30.2. The van der Waals surface area contributed by atoms with Crippen LogP contribution in [0, 0.1) is 13.8 Å². The van der Waals surface area contributed by atoms with E-state index in [1.54, 1.807) is 25.6 Å². The summed E-state index contributed by atoms with van der Waals surface area (Å²) in [5.41, 5.74) is 3.97. The molecule has 0 saturated carbocycles. The number of amides is 1. The van der Waals surface area contributed by atoms with E-state index in [0.29, 0.717) is 28.0 Å². The van der Waals surface area contributed by atoms with Gasteiger partial charge >= 0.3 is 0 Å². The molecule has 0 atom stereocenters. The van der Waals surface area contributed by atoms with Crippen molar-refractivity contribution < 1.29 is 9.53 Å². The van der Waals surface area contributed by atoms with E-state index in [4.69, 9.17) is 4.74 Å². The Morgan fingerprint density at radius 3 is 2.45 bits per heavy atom. The standard InChI is InChI=1S/C25H23N3O3/c1-16-4-10-20-22(12-16)28(15-24(29)27-23-11-5-17(2)13-26-23)14-21(25(20)30)18-6-8-19(31-3)9-7-18/h4-14H,15H2,1-3H3,(H,26,27,29). The third-order valence-corrected chi connectivity index (χ3v) is 5.13. The Balaban J connectivity index is 1.76. The number of pyridine rings is 2. The van der Waals surface area contributed by atoms with Gasteiger partial charge < -0.3 is 14.6 Å². The van der Waals surface area contributed by atoms with Gasteiger partial charge in [-0.2, -0.15) is 0 Å². The van der Waals surface area contributed by atoms with Crippen LogP contribution in [0.1, 0.15) is 11.1 Å². The second-order valence-electron chi connectivity index (χ2n) is 7.52. The van der Waals surface area contributed by atoms with Crippen LogP contribution < -0.4 is 15.5 Å². The number of fused-ring (bicyclic) bond motifs is 1. The normalized spacial score (nSPS) is 10.8. The van der Waals surface area contributed by atoms with E-state index in [2.05, 4.69) is 10.3 Å². The largest absolute Gasteiger partial charge is 0.497 e. The monoisotopic (exact) mass is 413 g/mol. The fourth-order valence-electron chi connectivity index (χ4n) is 3.49. The van der Waals surface area contributed by atoms with Crippen molar-refractivity contribution in [1.82, 2.24) is 9.55 Å². The summed E-state index contributed by atoms with van der Waals surface area (Å²) in [6.07, 6.45) is 3.45. The van der Waals surface area contributed by atoms with Crippen LogP contribution in [-0.2, 0) is 11.3 Å². The van der Waals surface area contributed by atoms with E-state index in [0.717, 1.165) is 16.7 Å². The summed E-state index contributed by atoms with van der Waals surface area (Å²) in [5, 5.41) is 3.39. The van der Waals surface area contributed by atoms with Gasteiger partial charge in [-0.15, -0.1) is 0 Å². The fourth-order valence-corrected chi connectivity index (χ4v) is 3.49. The summed E-state index contributed by atoms with van der Waals surface area (Å²) in [6, 6.07) is 16.6. The molecular formula is C25H23N3O3. The number of hydrogen-bond donors (Lipinski definition) is 1. The van der Waals surface area contributed by atoms with Crippen LogP contribution in [0.2, 0.25) is 0 Å². The maximum atomic E-state index is 13.2. The number of carbonyl (C=O) groups is 1. The molecule has 2 aromatic carbocycles. The average Bonchev–Trinajstić information content (AvgIpc) is 2.77. The summed E-state index contributed by atoms with van der Waals surface area (Å²) in [6.45, 7) is 3.95. The number of rotatable bonds is 5. The Bertz CT molecular complexity index is 1310.